The van der Waals surface area contributed by atoms with Gasteiger partial charge in [-0.15, -0.1) is 11.3 Å². The van der Waals surface area contributed by atoms with Crippen LogP contribution in [0.1, 0.15) is 22.8 Å². The number of hydrogen-bond donors (Lipinski definition) is 0. The summed E-state index contributed by atoms with van der Waals surface area (Å²) >= 11 is 5.21. The maximum Gasteiger partial charge on any atom is 0.137 e. The van der Waals surface area contributed by atoms with Gasteiger partial charge >= 0.3 is 0 Å². The third kappa shape index (κ3) is 1.33. The van der Waals surface area contributed by atoms with Crippen molar-refractivity contribution in [1.29, 1.82) is 0 Å². The van der Waals surface area contributed by atoms with Gasteiger partial charge in [-0.25, -0.2) is 0 Å². The fourth-order valence-electron chi connectivity index (χ4n) is 1.89. The lowest BCUT2D eigenvalue weighted by atomic mass is 9.96. The summed E-state index contributed by atoms with van der Waals surface area (Å²) < 4.78 is 11.9. The van der Waals surface area contributed by atoms with E-state index in [0.717, 1.165) is 20.9 Å². The molecule has 2 aromatic heterocycles. The van der Waals surface area contributed by atoms with Gasteiger partial charge in [0.15, 0.2) is 0 Å². The highest BCUT2D eigenvalue weighted by molar-refractivity contribution is 9.11. The van der Waals surface area contributed by atoms with Crippen molar-refractivity contribution in [3.8, 4) is 5.75 Å². The molecule has 0 radical (unpaired) electrons. The Morgan fingerprint density at radius 3 is 3.20 bits per heavy atom. The number of halogens is 1. The molecule has 0 amide bonds. The largest absolute Gasteiger partial charge is 0.491 e. The lowest BCUT2D eigenvalue weighted by molar-refractivity contribution is 0.341. The molecule has 5 heteroatoms. The fraction of sp³-hybridized carbons (Fsp3) is 0.300. The van der Waals surface area contributed by atoms with E-state index in [-0.39, 0.29) is 5.92 Å². The topological polar surface area (TPSA) is 35.3 Å². The second kappa shape index (κ2) is 3.35. The summed E-state index contributed by atoms with van der Waals surface area (Å²) in [6.07, 6.45) is 1.78. The Balaban J connectivity index is 2.11. The van der Waals surface area contributed by atoms with Gasteiger partial charge in [-0.1, -0.05) is 5.16 Å². The Bertz CT molecular complexity index is 505. The van der Waals surface area contributed by atoms with Crippen LogP contribution in [0, 0.1) is 6.92 Å². The standard InChI is InChI=1S/C10H8BrNO2S/c1-5-6(2-12-14-5)7-3-13-8-4-15-10(11)9(7)8/h2,4,7H,3H2,1H3. The number of aryl methyl sites for hydroxylation is 1. The first kappa shape index (κ1) is 9.42. The van der Waals surface area contributed by atoms with Gasteiger partial charge in [0.05, 0.1) is 22.5 Å². The molecule has 0 saturated carbocycles. The molecule has 1 aliphatic rings. The summed E-state index contributed by atoms with van der Waals surface area (Å²) in [6, 6.07) is 0. The molecule has 15 heavy (non-hydrogen) atoms. The molecule has 3 nitrogen and oxygen atoms in total. The molecule has 78 valence electrons. The lowest BCUT2D eigenvalue weighted by Crippen LogP contribution is -2.03. The summed E-state index contributed by atoms with van der Waals surface area (Å²) in [5, 5.41) is 5.84. The van der Waals surface area contributed by atoms with Crippen molar-refractivity contribution in [3.63, 3.8) is 0 Å². The number of hydrogen-bond acceptors (Lipinski definition) is 4. The molecule has 2 aromatic rings. The van der Waals surface area contributed by atoms with Gasteiger partial charge in [0, 0.05) is 16.5 Å². The van der Waals surface area contributed by atoms with Crippen molar-refractivity contribution in [2.75, 3.05) is 6.61 Å². The van der Waals surface area contributed by atoms with Crippen molar-refractivity contribution >= 4 is 27.3 Å². The Morgan fingerprint density at radius 2 is 2.47 bits per heavy atom. The third-order valence-corrected chi connectivity index (χ3v) is 4.41. The molecule has 0 aliphatic carbocycles. The molecule has 0 saturated heterocycles. The number of thiophene rings is 1. The summed E-state index contributed by atoms with van der Waals surface area (Å²) in [4.78, 5) is 0. The molecule has 1 atom stereocenters. The van der Waals surface area contributed by atoms with Gasteiger partial charge in [-0.05, 0) is 22.9 Å². The SMILES string of the molecule is Cc1oncc1C1COc2csc(Br)c21. The fourth-order valence-corrected chi connectivity index (χ4v) is 3.42. The molecular weight excluding hydrogens is 278 g/mol. The van der Waals surface area contributed by atoms with Crippen molar-refractivity contribution in [3.05, 3.63) is 32.3 Å². The van der Waals surface area contributed by atoms with Crippen LogP contribution >= 0.6 is 27.3 Å². The van der Waals surface area contributed by atoms with E-state index >= 15 is 0 Å². The molecule has 3 heterocycles. The van der Waals surface area contributed by atoms with Crippen molar-refractivity contribution in [2.24, 2.45) is 0 Å². The minimum atomic E-state index is 0.256. The van der Waals surface area contributed by atoms with Gasteiger partial charge < -0.3 is 9.26 Å². The molecule has 3 rings (SSSR count). The van der Waals surface area contributed by atoms with Crippen LogP contribution in [0.25, 0.3) is 0 Å². The van der Waals surface area contributed by atoms with Crippen molar-refractivity contribution in [1.82, 2.24) is 5.16 Å². The van der Waals surface area contributed by atoms with Crippen LogP contribution in [-0.2, 0) is 0 Å². The molecular formula is C10H8BrNO2S. The van der Waals surface area contributed by atoms with E-state index in [1.165, 1.54) is 5.56 Å². The van der Waals surface area contributed by atoms with Crippen LogP contribution in [0.3, 0.4) is 0 Å². The predicted octanol–water partition coefficient (Wildman–Crippen LogP) is 3.33. The number of ether oxygens (including phenoxy) is 1. The lowest BCUT2D eigenvalue weighted by Gasteiger charge is -2.05. The normalized spacial score (nSPS) is 18.9. The number of aromatic nitrogens is 1. The molecule has 1 aliphatic heterocycles. The van der Waals surface area contributed by atoms with E-state index in [4.69, 9.17) is 9.26 Å². The smallest absolute Gasteiger partial charge is 0.137 e. The highest BCUT2D eigenvalue weighted by Gasteiger charge is 2.31. The van der Waals surface area contributed by atoms with E-state index in [1.807, 2.05) is 12.3 Å². The van der Waals surface area contributed by atoms with E-state index in [2.05, 4.69) is 21.1 Å². The van der Waals surface area contributed by atoms with Crippen LogP contribution in [0.4, 0.5) is 0 Å². The highest BCUT2D eigenvalue weighted by atomic mass is 79.9. The monoisotopic (exact) mass is 285 g/mol. The Kier molecular flexibility index (Phi) is 2.10. The number of rotatable bonds is 1. The molecule has 0 N–H and O–H groups in total. The average Bonchev–Trinajstić information content (AvgIpc) is 2.85. The number of fused-ring (bicyclic) bond motifs is 1. The maximum atomic E-state index is 5.62. The highest BCUT2D eigenvalue weighted by Crippen LogP contribution is 2.46. The van der Waals surface area contributed by atoms with Gasteiger partial charge in [0.1, 0.15) is 11.5 Å². The van der Waals surface area contributed by atoms with Crippen LogP contribution in [0.2, 0.25) is 0 Å². The summed E-state index contributed by atoms with van der Waals surface area (Å²) in [6.45, 7) is 2.61. The molecule has 1 unspecified atom stereocenters. The van der Waals surface area contributed by atoms with Gasteiger partial charge in [0.25, 0.3) is 0 Å². The van der Waals surface area contributed by atoms with Gasteiger partial charge in [-0.3, -0.25) is 0 Å². The zero-order valence-electron chi connectivity index (χ0n) is 7.99. The van der Waals surface area contributed by atoms with E-state index < -0.39 is 0 Å². The zero-order chi connectivity index (χ0) is 10.4. The Morgan fingerprint density at radius 1 is 1.60 bits per heavy atom. The molecule has 0 spiro atoms. The quantitative estimate of drug-likeness (QED) is 0.806. The summed E-state index contributed by atoms with van der Waals surface area (Å²) in [5.74, 6) is 2.11. The van der Waals surface area contributed by atoms with Gasteiger partial charge in [-0.2, -0.15) is 0 Å². The first-order chi connectivity index (χ1) is 7.27. The number of nitrogens with zero attached hydrogens (tertiary/aromatic N) is 1. The van der Waals surface area contributed by atoms with Crippen molar-refractivity contribution < 1.29 is 9.26 Å². The first-order valence-electron chi connectivity index (χ1n) is 4.58. The minimum absolute atomic E-state index is 0.256. The van der Waals surface area contributed by atoms with Crippen LogP contribution in [0.15, 0.2) is 19.9 Å². The van der Waals surface area contributed by atoms with Crippen LogP contribution in [-0.4, -0.2) is 11.8 Å². The third-order valence-electron chi connectivity index (χ3n) is 2.66. The van der Waals surface area contributed by atoms with E-state index in [9.17, 15) is 0 Å². The predicted molar refractivity (Wildman–Crippen MR) is 60.6 cm³/mol. The minimum Gasteiger partial charge on any atom is -0.491 e. The van der Waals surface area contributed by atoms with E-state index in [0.29, 0.717) is 6.61 Å². The first-order valence-corrected chi connectivity index (χ1v) is 6.25. The van der Waals surface area contributed by atoms with E-state index in [1.54, 1.807) is 17.5 Å². The second-order valence-corrected chi connectivity index (χ2v) is 5.69. The maximum absolute atomic E-state index is 5.62. The van der Waals surface area contributed by atoms with Gasteiger partial charge in [0.2, 0.25) is 0 Å². The Labute approximate surface area is 99.2 Å². The van der Waals surface area contributed by atoms with Crippen LogP contribution in [0.5, 0.6) is 5.75 Å². The Hall–Kier alpha value is -0.810. The van der Waals surface area contributed by atoms with Crippen molar-refractivity contribution in [2.45, 2.75) is 12.8 Å². The average molecular weight is 286 g/mol. The second-order valence-electron chi connectivity index (χ2n) is 3.49. The molecule has 0 bridgehead atoms. The summed E-state index contributed by atoms with van der Waals surface area (Å²) in [5.41, 5.74) is 2.35. The molecule has 0 aromatic carbocycles. The van der Waals surface area contributed by atoms with Crippen LogP contribution < -0.4 is 4.74 Å². The summed E-state index contributed by atoms with van der Waals surface area (Å²) in [7, 11) is 0. The molecule has 0 fully saturated rings. The zero-order valence-corrected chi connectivity index (χ0v) is 10.4.